The van der Waals surface area contributed by atoms with E-state index in [-0.39, 0.29) is 5.91 Å². The summed E-state index contributed by atoms with van der Waals surface area (Å²) in [6.45, 7) is 4.70. The first kappa shape index (κ1) is 17.6. The lowest BCUT2D eigenvalue weighted by atomic mass is 10.1. The number of thioether (sulfide) groups is 1. The van der Waals surface area contributed by atoms with Gasteiger partial charge in [0.2, 0.25) is 5.91 Å². The molecule has 0 saturated carbocycles. The molecule has 136 valence electrons. The van der Waals surface area contributed by atoms with Gasteiger partial charge in [0.25, 0.3) is 0 Å². The zero-order chi connectivity index (χ0) is 18.8. The summed E-state index contributed by atoms with van der Waals surface area (Å²) in [5.74, 6) is 0.422. The van der Waals surface area contributed by atoms with E-state index in [2.05, 4.69) is 41.2 Å². The van der Waals surface area contributed by atoms with E-state index in [1.807, 2.05) is 48.2 Å². The molecule has 0 atom stereocenters. The van der Waals surface area contributed by atoms with Crippen molar-refractivity contribution >= 4 is 45.2 Å². The number of anilines is 1. The molecule has 1 N–H and O–H groups in total. The third-order valence-corrected chi connectivity index (χ3v) is 5.48. The Bertz CT molecular complexity index is 1110. The van der Waals surface area contributed by atoms with E-state index < -0.39 is 0 Å². The van der Waals surface area contributed by atoms with Crippen LogP contribution in [0.15, 0.2) is 65.8 Å². The summed E-state index contributed by atoms with van der Waals surface area (Å²) in [5, 5.41) is 3.01. The van der Waals surface area contributed by atoms with Crippen LogP contribution >= 0.6 is 11.8 Å². The Morgan fingerprint density at radius 3 is 2.78 bits per heavy atom. The number of carbonyl (C=O) groups is 1. The number of imidazole rings is 1. The molecule has 1 heterocycles. The molecule has 0 bridgehead atoms. The van der Waals surface area contributed by atoms with Crippen LogP contribution in [0.25, 0.3) is 21.8 Å². The predicted molar refractivity (Wildman–Crippen MR) is 114 cm³/mol. The number of H-pyrrole nitrogens is 1. The Morgan fingerprint density at radius 1 is 1.11 bits per heavy atom. The van der Waals surface area contributed by atoms with Crippen LogP contribution in [0.1, 0.15) is 12.5 Å². The molecule has 0 unspecified atom stereocenters. The number of fused-ring (bicyclic) bond motifs is 2. The molecule has 0 aliphatic rings. The van der Waals surface area contributed by atoms with E-state index in [4.69, 9.17) is 0 Å². The summed E-state index contributed by atoms with van der Waals surface area (Å²) in [5.41, 5.74) is 4.08. The minimum atomic E-state index is 0.0792. The van der Waals surface area contributed by atoms with E-state index >= 15 is 0 Å². The number of benzene rings is 3. The van der Waals surface area contributed by atoms with Crippen LogP contribution in [-0.4, -0.2) is 28.2 Å². The highest BCUT2D eigenvalue weighted by Gasteiger charge is 2.17. The summed E-state index contributed by atoms with van der Waals surface area (Å²) in [4.78, 5) is 22.6. The van der Waals surface area contributed by atoms with Gasteiger partial charge in [-0.05, 0) is 43.0 Å². The lowest BCUT2D eigenvalue weighted by molar-refractivity contribution is -0.116. The fourth-order valence-corrected chi connectivity index (χ4v) is 4.06. The number of carbonyl (C=O) groups excluding carboxylic acids is 1. The number of aryl methyl sites for hydroxylation is 1. The van der Waals surface area contributed by atoms with E-state index in [0.29, 0.717) is 12.3 Å². The quantitative estimate of drug-likeness (QED) is 0.490. The van der Waals surface area contributed by atoms with Gasteiger partial charge in [-0.3, -0.25) is 4.79 Å². The number of rotatable bonds is 5. The Kier molecular flexibility index (Phi) is 4.86. The summed E-state index contributed by atoms with van der Waals surface area (Å²) in [6.07, 6.45) is 0. The molecular weight excluding hydrogens is 354 g/mol. The molecule has 4 nitrogen and oxygen atoms in total. The minimum Gasteiger partial charge on any atom is -0.333 e. The number of hydrogen-bond acceptors (Lipinski definition) is 3. The molecule has 27 heavy (non-hydrogen) atoms. The fourth-order valence-electron chi connectivity index (χ4n) is 3.30. The average Bonchev–Trinajstić information content (AvgIpc) is 3.09. The summed E-state index contributed by atoms with van der Waals surface area (Å²) in [7, 11) is 0. The zero-order valence-corrected chi connectivity index (χ0v) is 16.2. The first-order valence-electron chi connectivity index (χ1n) is 9.03. The number of nitrogens with one attached hydrogen (secondary N) is 1. The molecule has 0 fully saturated rings. The van der Waals surface area contributed by atoms with Gasteiger partial charge in [0.05, 0.1) is 22.5 Å². The first-order chi connectivity index (χ1) is 13.2. The van der Waals surface area contributed by atoms with Crippen molar-refractivity contribution in [2.45, 2.75) is 19.0 Å². The molecular formula is C22H21N3OS. The van der Waals surface area contributed by atoms with Crippen molar-refractivity contribution in [1.82, 2.24) is 9.97 Å². The number of hydrogen-bond donors (Lipinski definition) is 1. The first-order valence-corrected chi connectivity index (χ1v) is 10.0. The fraction of sp³-hybridized carbons (Fsp3) is 0.182. The Hall–Kier alpha value is -2.79. The molecule has 0 radical (unpaired) electrons. The van der Waals surface area contributed by atoms with Gasteiger partial charge >= 0.3 is 0 Å². The molecule has 1 amide bonds. The van der Waals surface area contributed by atoms with Crippen molar-refractivity contribution in [3.63, 3.8) is 0 Å². The standard InChI is InChI=1S/C22H21N3OS/c1-3-25(20-10-6-8-16-7-4-5-9-17(16)20)21(26)14-27-22-23-18-12-11-15(2)13-19(18)24-22/h4-13H,3,14H2,1-2H3,(H,23,24). The van der Waals surface area contributed by atoms with Gasteiger partial charge in [0.1, 0.15) is 0 Å². The Balaban J connectivity index is 1.54. The van der Waals surface area contributed by atoms with E-state index in [9.17, 15) is 4.79 Å². The van der Waals surface area contributed by atoms with Crippen molar-refractivity contribution in [2.24, 2.45) is 0 Å². The molecule has 1 aromatic heterocycles. The van der Waals surface area contributed by atoms with E-state index in [0.717, 1.165) is 32.6 Å². The van der Waals surface area contributed by atoms with Crippen molar-refractivity contribution in [3.8, 4) is 0 Å². The van der Waals surface area contributed by atoms with E-state index in [1.165, 1.54) is 17.3 Å². The van der Waals surface area contributed by atoms with Crippen molar-refractivity contribution < 1.29 is 4.79 Å². The maximum absolute atomic E-state index is 12.9. The van der Waals surface area contributed by atoms with Gasteiger partial charge in [-0.2, -0.15) is 0 Å². The van der Waals surface area contributed by atoms with E-state index in [1.54, 1.807) is 0 Å². The van der Waals surface area contributed by atoms with Crippen molar-refractivity contribution in [1.29, 1.82) is 0 Å². The molecule has 4 aromatic rings. The van der Waals surface area contributed by atoms with Crippen LogP contribution < -0.4 is 4.90 Å². The van der Waals surface area contributed by atoms with Crippen LogP contribution in [0.3, 0.4) is 0 Å². The van der Waals surface area contributed by atoms with Crippen LogP contribution in [0.4, 0.5) is 5.69 Å². The van der Waals surface area contributed by atoms with Crippen LogP contribution in [0, 0.1) is 6.92 Å². The molecule has 3 aromatic carbocycles. The van der Waals surface area contributed by atoms with Gasteiger partial charge in [-0.25, -0.2) is 4.98 Å². The summed E-state index contributed by atoms with van der Waals surface area (Å²) < 4.78 is 0. The number of aromatic amines is 1. The maximum Gasteiger partial charge on any atom is 0.237 e. The second-order valence-corrected chi connectivity index (χ2v) is 7.45. The lowest BCUT2D eigenvalue weighted by Crippen LogP contribution is -2.32. The molecule has 4 rings (SSSR count). The third kappa shape index (κ3) is 3.55. The van der Waals surface area contributed by atoms with Gasteiger partial charge in [-0.1, -0.05) is 54.2 Å². The average molecular weight is 375 g/mol. The largest absolute Gasteiger partial charge is 0.333 e. The second kappa shape index (κ2) is 7.45. The smallest absolute Gasteiger partial charge is 0.237 e. The Labute approximate surface area is 162 Å². The van der Waals surface area contributed by atoms with Crippen molar-refractivity contribution in [2.75, 3.05) is 17.2 Å². The monoisotopic (exact) mass is 375 g/mol. The molecule has 0 aliphatic carbocycles. The van der Waals surface area contributed by atoms with Crippen LogP contribution in [0.2, 0.25) is 0 Å². The van der Waals surface area contributed by atoms with Gasteiger partial charge < -0.3 is 9.88 Å². The van der Waals surface area contributed by atoms with Gasteiger partial charge in [-0.15, -0.1) is 0 Å². The number of amides is 1. The number of aromatic nitrogens is 2. The normalized spacial score (nSPS) is 11.2. The highest BCUT2D eigenvalue weighted by atomic mass is 32.2. The second-order valence-electron chi connectivity index (χ2n) is 6.49. The molecule has 5 heteroatoms. The van der Waals surface area contributed by atoms with Crippen molar-refractivity contribution in [3.05, 3.63) is 66.2 Å². The SMILES string of the molecule is CCN(C(=O)CSc1nc2ccc(C)cc2[nH]1)c1cccc2ccccc12. The zero-order valence-electron chi connectivity index (χ0n) is 15.4. The summed E-state index contributed by atoms with van der Waals surface area (Å²) in [6, 6.07) is 20.4. The van der Waals surface area contributed by atoms with Gasteiger partial charge in [0.15, 0.2) is 5.16 Å². The highest BCUT2D eigenvalue weighted by Crippen LogP contribution is 2.28. The highest BCUT2D eigenvalue weighted by molar-refractivity contribution is 7.99. The molecule has 0 aliphatic heterocycles. The minimum absolute atomic E-state index is 0.0792. The topological polar surface area (TPSA) is 49.0 Å². The van der Waals surface area contributed by atoms with Crippen LogP contribution in [-0.2, 0) is 4.79 Å². The summed E-state index contributed by atoms with van der Waals surface area (Å²) >= 11 is 1.45. The Morgan fingerprint density at radius 2 is 1.93 bits per heavy atom. The molecule has 0 spiro atoms. The molecule has 0 saturated heterocycles. The maximum atomic E-state index is 12.9. The predicted octanol–water partition coefficient (Wildman–Crippen LogP) is 5.17. The third-order valence-electron chi connectivity index (χ3n) is 4.62. The van der Waals surface area contributed by atoms with Gasteiger partial charge in [0, 0.05) is 11.9 Å². The lowest BCUT2D eigenvalue weighted by Gasteiger charge is -2.22. The number of nitrogens with zero attached hydrogens (tertiary/aromatic N) is 2. The van der Waals surface area contributed by atoms with Crippen LogP contribution in [0.5, 0.6) is 0 Å².